The molecule has 1 aliphatic rings. The third-order valence-corrected chi connectivity index (χ3v) is 3.99. The molecule has 21 heavy (non-hydrogen) atoms. The van der Waals surface area contributed by atoms with E-state index in [9.17, 15) is 0 Å². The zero-order valence-corrected chi connectivity index (χ0v) is 12.0. The van der Waals surface area contributed by atoms with Gasteiger partial charge in [0.2, 0.25) is 0 Å². The molecule has 0 fully saturated rings. The van der Waals surface area contributed by atoms with E-state index < -0.39 is 14.0 Å². The highest BCUT2D eigenvalue weighted by molar-refractivity contribution is 5.71. The van der Waals surface area contributed by atoms with Gasteiger partial charge in [0.25, 0.3) is 0 Å². The van der Waals surface area contributed by atoms with Crippen LogP contribution in [0.4, 0.5) is 11.4 Å². The number of hydrogen-bond donors (Lipinski definition) is 0. The number of aryl methyl sites for hydroxylation is 2. The number of benzene rings is 2. The van der Waals surface area contributed by atoms with Crippen LogP contribution in [0.2, 0.25) is 0 Å². The van der Waals surface area contributed by atoms with E-state index in [1.165, 1.54) is 11.1 Å². The van der Waals surface area contributed by atoms with Crippen molar-refractivity contribution >= 4 is 11.4 Å². The summed E-state index contributed by atoms with van der Waals surface area (Å²) < 4.78 is 45.1. The maximum absolute atomic E-state index is 7.52. The molecule has 2 nitrogen and oxygen atoms in total. The van der Waals surface area contributed by atoms with E-state index in [0.717, 1.165) is 24.2 Å². The van der Waals surface area contributed by atoms with Crippen molar-refractivity contribution in [1.82, 2.24) is 4.90 Å². The average molecular weight is 286 g/mol. The summed E-state index contributed by atoms with van der Waals surface area (Å²) in [6.45, 7) is -4.75. The fourth-order valence-electron chi connectivity index (χ4n) is 3.00. The molecule has 0 bridgehead atoms. The Balaban J connectivity index is 1.84. The topological polar surface area (TPSA) is 6.48 Å². The molecule has 2 aromatic rings. The fourth-order valence-corrected chi connectivity index (χ4v) is 3.00. The first-order valence-electron chi connectivity index (χ1n) is 10.4. The van der Waals surface area contributed by atoms with Gasteiger partial charge in [0, 0.05) is 26.1 Å². The smallest absolute Gasteiger partial charge is 0.0443 e. The van der Waals surface area contributed by atoms with E-state index >= 15 is 0 Å². The van der Waals surface area contributed by atoms with Crippen molar-refractivity contribution < 1.29 is 8.22 Å². The van der Waals surface area contributed by atoms with Gasteiger partial charge < -0.3 is 9.80 Å². The van der Waals surface area contributed by atoms with Gasteiger partial charge in [0.15, 0.2) is 0 Å². The number of fused-ring (bicyclic) bond motifs is 2. The maximum Gasteiger partial charge on any atom is 0.0443 e. The van der Waals surface area contributed by atoms with Crippen LogP contribution in [0.25, 0.3) is 0 Å². The highest BCUT2D eigenvalue weighted by atomic mass is 15.1. The molecule has 2 aromatic carbocycles. The Hall–Kier alpha value is -1.80. The molecule has 3 rings (SSSR count). The number of nitrogens with zero attached hydrogens (tertiary/aromatic N) is 2. The van der Waals surface area contributed by atoms with Crippen LogP contribution < -0.4 is 4.90 Å². The molecule has 1 heterocycles. The minimum atomic E-state index is -2.64. The Bertz CT molecular complexity index is 723. The van der Waals surface area contributed by atoms with Gasteiger partial charge >= 0.3 is 0 Å². The third-order valence-electron chi connectivity index (χ3n) is 3.99. The van der Waals surface area contributed by atoms with E-state index in [0.29, 0.717) is 17.9 Å². The Kier molecular flexibility index (Phi) is 2.58. The van der Waals surface area contributed by atoms with Crippen molar-refractivity contribution in [2.45, 2.75) is 19.3 Å². The van der Waals surface area contributed by atoms with E-state index in [-0.39, 0.29) is 6.54 Å². The fraction of sp³-hybridized carbons (Fsp3) is 0.368. The molecule has 0 unspecified atom stereocenters. The quantitative estimate of drug-likeness (QED) is 0.841. The molecule has 0 radical (unpaired) electrons. The lowest BCUT2D eigenvalue weighted by atomic mass is 10.0. The Morgan fingerprint density at radius 3 is 2.10 bits per heavy atom. The molecule has 0 aromatic heterocycles. The molecule has 0 saturated heterocycles. The van der Waals surface area contributed by atoms with Crippen molar-refractivity contribution in [3.8, 4) is 0 Å². The lowest BCUT2D eigenvalue weighted by molar-refractivity contribution is 0.402. The van der Waals surface area contributed by atoms with Crippen molar-refractivity contribution in [2.24, 2.45) is 0 Å². The lowest BCUT2D eigenvalue weighted by Gasteiger charge is -2.27. The van der Waals surface area contributed by atoms with E-state index in [2.05, 4.69) is 29.2 Å². The Morgan fingerprint density at radius 2 is 1.52 bits per heavy atom. The van der Waals surface area contributed by atoms with E-state index in [4.69, 9.17) is 8.22 Å². The van der Waals surface area contributed by atoms with Crippen LogP contribution in [0.1, 0.15) is 25.8 Å². The van der Waals surface area contributed by atoms with Gasteiger partial charge in [-0.2, -0.15) is 0 Å². The highest BCUT2D eigenvalue weighted by Crippen LogP contribution is 2.35. The molecule has 0 amide bonds. The van der Waals surface area contributed by atoms with Crippen LogP contribution in [-0.2, 0) is 12.8 Å². The van der Waals surface area contributed by atoms with Crippen LogP contribution in [-0.4, -0.2) is 31.9 Å². The molecule has 0 aliphatic carbocycles. The molecule has 0 spiro atoms. The van der Waals surface area contributed by atoms with Crippen molar-refractivity contribution in [1.29, 1.82) is 0 Å². The molecule has 1 aliphatic heterocycles. The summed E-state index contributed by atoms with van der Waals surface area (Å²) in [5.74, 6) is 0. The molecule has 0 saturated carbocycles. The van der Waals surface area contributed by atoms with Gasteiger partial charge in [0.05, 0.1) is 0 Å². The SMILES string of the molecule is [2H]C([2H])([2H])N(CCCN1c2ccccc2CCc2ccccc21)C([2H])([2H])[2H]. The molecule has 110 valence electrons. The number of anilines is 2. The number of hydrogen-bond acceptors (Lipinski definition) is 2. The standard InChI is InChI=1S/C19H24N2/c1-20(2)14-7-15-21-18-10-5-3-8-16(18)12-13-17-9-4-6-11-19(17)21/h3-6,8-11H,7,12-15H2,1-2H3/i1D3,2D3. The zero-order chi connectivity index (χ0) is 19.7. The second-order valence-corrected chi connectivity index (χ2v) is 5.41. The van der Waals surface area contributed by atoms with Crippen LogP contribution >= 0.6 is 0 Å². The summed E-state index contributed by atoms with van der Waals surface area (Å²) in [6, 6.07) is 16.4. The van der Waals surface area contributed by atoms with Gasteiger partial charge in [-0.25, -0.2) is 0 Å². The highest BCUT2D eigenvalue weighted by Gasteiger charge is 2.19. The minimum Gasteiger partial charge on any atom is -0.341 e. The van der Waals surface area contributed by atoms with Crippen LogP contribution in [0.5, 0.6) is 0 Å². The first kappa shape index (κ1) is 8.60. The third kappa shape index (κ3) is 3.11. The second kappa shape index (κ2) is 6.31. The molecule has 0 atom stereocenters. The largest absolute Gasteiger partial charge is 0.341 e. The molecule has 0 N–H and O–H groups in total. The van der Waals surface area contributed by atoms with Crippen LogP contribution in [0.15, 0.2) is 48.5 Å². The Morgan fingerprint density at radius 1 is 0.952 bits per heavy atom. The lowest BCUT2D eigenvalue weighted by Crippen LogP contribution is -2.23. The van der Waals surface area contributed by atoms with Crippen molar-refractivity contribution in [2.75, 3.05) is 31.9 Å². The van der Waals surface area contributed by atoms with Crippen molar-refractivity contribution in [3.05, 3.63) is 59.7 Å². The summed E-state index contributed by atoms with van der Waals surface area (Å²) in [4.78, 5) is 2.82. The second-order valence-electron chi connectivity index (χ2n) is 5.41. The van der Waals surface area contributed by atoms with E-state index in [1.54, 1.807) is 0 Å². The average Bonchev–Trinajstić information content (AvgIpc) is 2.74. The number of para-hydroxylation sites is 2. The molecular formula is C19H24N2. The first-order valence-corrected chi connectivity index (χ1v) is 7.39. The normalized spacial score (nSPS) is 19.2. The van der Waals surface area contributed by atoms with Gasteiger partial charge in [-0.1, -0.05) is 36.4 Å². The minimum absolute atomic E-state index is 0.0200. The predicted molar refractivity (Wildman–Crippen MR) is 90.5 cm³/mol. The van der Waals surface area contributed by atoms with Crippen LogP contribution in [0.3, 0.4) is 0 Å². The zero-order valence-electron chi connectivity index (χ0n) is 18.0. The summed E-state index contributed by atoms with van der Waals surface area (Å²) in [5, 5.41) is 0. The van der Waals surface area contributed by atoms with Gasteiger partial charge in [-0.05, 0) is 63.0 Å². The van der Waals surface area contributed by atoms with Crippen molar-refractivity contribution in [3.63, 3.8) is 0 Å². The van der Waals surface area contributed by atoms with E-state index in [1.807, 2.05) is 24.3 Å². The summed E-state index contributed by atoms with van der Waals surface area (Å²) in [6.07, 6.45) is 2.32. The summed E-state index contributed by atoms with van der Waals surface area (Å²) in [5.41, 5.74) is 4.71. The summed E-state index contributed by atoms with van der Waals surface area (Å²) >= 11 is 0. The van der Waals surface area contributed by atoms with Crippen LogP contribution in [0, 0.1) is 0 Å². The Labute approximate surface area is 136 Å². The van der Waals surface area contributed by atoms with Gasteiger partial charge in [-0.15, -0.1) is 0 Å². The monoisotopic (exact) mass is 286 g/mol. The number of rotatable bonds is 4. The molecule has 2 heteroatoms. The molecular weight excluding hydrogens is 256 g/mol. The maximum atomic E-state index is 7.52. The summed E-state index contributed by atoms with van der Waals surface area (Å²) in [7, 11) is 0. The first-order chi connectivity index (χ1) is 12.7. The predicted octanol–water partition coefficient (Wildman–Crippen LogP) is 3.88. The van der Waals surface area contributed by atoms with Gasteiger partial charge in [0.1, 0.15) is 0 Å². The van der Waals surface area contributed by atoms with Gasteiger partial charge in [-0.3, -0.25) is 0 Å².